The first kappa shape index (κ1) is 16.6. The molecule has 3 heterocycles. The van der Waals surface area contributed by atoms with E-state index >= 15 is 0 Å². The fourth-order valence-electron chi connectivity index (χ4n) is 3.09. The molecular formula is C20H16N6OS. The van der Waals surface area contributed by atoms with E-state index in [-0.39, 0.29) is 5.56 Å². The molecule has 0 spiro atoms. The molecule has 0 bridgehead atoms. The van der Waals surface area contributed by atoms with Crippen LogP contribution in [-0.2, 0) is 5.75 Å². The molecule has 4 N–H and O–H groups in total. The Morgan fingerprint density at radius 2 is 1.89 bits per heavy atom. The van der Waals surface area contributed by atoms with Gasteiger partial charge in [0.1, 0.15) is 0 Å². The number of benzene rings is 2. The Morgan fingerprint density at radius 3 is 2.86 bits per heavy atom. The summed E-state index contributed by atoms with van der Waals surface area (Å²) in [6, 6.07) is 17.7. The molecule has 138 valence electrons. The third-order valence-electron chi connectivity index (χ3n) is 4.49. The van der Waals surface area contributed by atoms with Gasteiger partial charge in [0.15, 0.2) is 5.82 Å². The molecule has 7 nitrogen and oxygen atoms in total. The maximum atomic E-state index is 11.6. The summed E-state index contributed by atoms with van der Waals surface area (Å²) in [4.78, 5) is 16.0. The molecule has 0 amide bonds. The van der Waals surface area contributed by atoms with Gasteiger partial charge in [0.05, 0.1) is 21.4 Å². The molecule has 3 aromatic heterocycles. The highest BCUT2D eigenvalue weighted by Gasteiger charge is 2.07. The first-order valence-electron chi connectivity index (χ1n) is 8.74. The zero-order chi connectivity index (χ0) is 18.9. The second-order valence-electron chi connectivity index (χ2n) is 6.37. The summed E-state index contributed by atoms with van der Waals surface area (Å²) >= 11 is 1.64. The molecule has 0 fully saturated rings. The molecule has 0 atom stereocenters. The summed E-state index contributed by atoms with van der Waals surface area (Å²) in [7, 11) is 0. The van der Waals surface area contributed by atoms with Crippen LogP contribution in [-0.4, -0.2) is 25.4 Å². The van der Waals surface area contributed by atoms with Crippen molar-refractivity contribution in [2.45, 2.75) is 10.8 Å². The Morgan fingerprint density at radius 1 is 0.964 bits per heavy atom. The number of nitrogens with one attached hydrogen (secondary N) is 4. The lowest BCUT2D eigenvalue weighted by Crippen LogP contribution is -1.97. The molecule has 5 rings (SSSR count). The van der Waals surface area contributed by atoms with Crippen LogP contribution in [0.25, 0.3) is 21.8 Å². The molecule has 5 aromatic rings. The van der Waals surface area contributed by atoms with Crippen LogP contribution in [0.1, 0.15) is 5.56 Å². The van der Waals surface area contributed by atoms with Crippen molar-refractivity contribution >= 4 is 45.1 Å². The van der Waals surface area contributed by atoms with Crippen molar-refractivity contribution in [3.8, 4) is 0 Å². The second-order valence-corrected chi connectivity index (χ2v) is 7.37. The quantitative estimate of drug-likeness (QED) is 0.339. The summed E-state index contributed by atoms with van der Waals surface area (Å²) < 4.78 is 0. The highest BCUT2D eigenvalue weighted by atomic mass is 32.2. The number of fused-ring (bicyclic) bond motifs is 2. The molecule has 0 aliphatic rings. The highest BCUT2D eigenvalue weighted by molar-refractivity contribution is 7.98. The smallest absolute Gasteiger partial charge is 0.271 e. The number of aromatic amines is 3. The summed E-state index contributed by atoms with van der Waals surface area (Å²) in [5, 5.41) is 18.8. The van der Waals surface area contributed by atoms with Gasteiger partial charge in [-0.05, 0) is 42.0 Å². The number of hydrogen-bond donors (Lipinski definition) is 4. The third kappa shape index (κ3) is 3.14. The molecule has 0 saturated heterocycles. The van der Waals surface area contributed by atoms with E-state index in [0.717, 1.165) is 44.3 Å². The Labute approximate surface area is 163 Å². The molecule has 2 aromatic carbocycles. The van der Waals surface area contributed by atoms with Gasteiger partial charge in [-0.2, -0.15) is 5.10 Å². The largest absolute Gasteiger partial charge is 0.338 e. The van der Waals surface area contributed by atoms with Crippen LogP contribution in [0.5, 0.6) is 0 Å². The summed E-state index contributed by atoms with van der Waals surface area (Å²) in [5.74, 6) is 1.55. The topological polar surface area (TPSA) is 102 Å². The molecule has 0 aliphatic carbocycles. The van der Waals surface area contributed by atoms with Crippen LogP contribution >= 0.6 is 11.8 Å². The number of rotatable bonds is 5. The predicted molar refractivity (Wildman–Crippen MR) is 112 cm³/mol. The fraction of sp³-hybridized carbons (Fsp3) is 0.0500. The van der Waals surface area contributed by atoms with Gasteiger partial charge in [-0.1, -0.05) is 18.2 Å². The van der Waals surface area contributed by atoms with Gasteiger partial charge in [0.25, 0.3) is 5.56 Å². The number of aromatic nitrogens is 5. The van der Waals surface area contributed by atoms with E-state index in [0.29, 0.717) is 5.39 Å². The van der Waals surface area contributed by atoms with E-state index in [1.165, 1.54) is 0 Å². The lowest BCUT2D eigenvalue weighted by Gasteiger charge is -2.06. The number of pyridine rings is 1. The number of thioether (sulfide) groups is 1. The Bertz CT molecular complexity index is 1340. The van der Waals surface area contributed by atoms with Gasteiger partial charge in [-0.15, -0.1) is 11.8 Å². The first-order valence-corrected chi connectivity index (χ1v) is 9.73. The van der Waals surface area contributed by atoms with E-state index in [1.54, 1.807) is 18.0 Å². The van der Waals surface area contributed by atoms with Crippen LogP contribution in [0.3, 0.4) is 0 Å². The van der Waals surface area contributed by atoms with E-state index in [4.69, 9.17) is 0 Å². The summed E-state index contributed by atoms with van der Waals surface area (Å²) in [6.07, 6.45) is 1.78. The van der Waals surface area contributed by atoms with Crippen molar-refractivity contribution in [1.82, 2.24) is 25.4 Å². The van der Waals surface area contributed by atoms with E-state index < -0.39 is 0 Å². The maximum absolute atomic E-state index is 11.6. The SMILES string of the molecule is O=c1[nH][nH]c2cc(CSc3cc(Nc4n[nH]c5ccccc45)ccn3)ccc12. The third-order valence-corrected chi connectivity index (χ3v) is 5.49. The number of H-pyrrole nitrogens is 3. The normalized spacial score (nSPS) is 11.3. The van der Waals surface area contributed by atoms with E-state index in [2.05, 4.69) is 30.7 Å². The van der Waals surface area contributed by atoms with Crippen molar-refractivity contribution < 1.29 is 0 Å². The molecule has 0 aliphatic heterocycles. The minimum absolute atomic E-state index is 0.0967. The zero-order valence-electron chi connectivity index (χ0n) is 14.7. The summed E-state index contributed by atoms with van der Waals surface area (Å²) in [6.45, 7) is 0. The minimum Gasteiger partial charge on any atom is -0.338 e. The molecule has 0 saturated carbocycles. The molecule has 0 radical (unpaired) electrons. The molecule has 0 unspecified atom stereocenters. The van der Waals surface area contributed by atoms with Gasteiger partial charge < -0.3 is 5.32 Å². The number of anilines is 2. The monoisotopic (exact) mass is 388 g/mol. The molecule has 8 heteroatoms. The van der Waals surface area contributed by atoms with Crippen molar-refractivity contribution in [2.75, 3.05) is 5.32 Å². The maximum Gasteiger partial charge on any atom is 0.271 e. The van der Waals surface area contributed by atoms with E-state index in [9.17, 15) is 4.79 Å². The van der Waals surface area contributed by atoms with E-state index in [1.807, 2.05) is 54.6 Å². The van der Waals surface area contributed by atoms with Crippen LogP contribution in [0, 0.1) is 0 Å². The lowest BCUT2D eigenvalue weighted by atomic mass is 10.2. The first-order chi connectivity index (χ1) is 13.8. The minimum atomic E-state index is -0.0967. The van der Waals surface area contributed by atoms with Gasteiger partial charge >= 0.3 is 0 Å². The zero-order valence-corrected chi connectivity index (χ0v) is 15.5. The van der Waals surface area contributed by atoms with Crippen molar-refractivity contribution in [3.63, 3.8) is 0 Å². The second kappa shape index (κ2) is 6.90. The number of hydrogen-bond acceptors (Lipinski definition) is 5. The fourth-order valence-corrected chi connectivity index (χ4v) is 3.93. The average molecular weight is 388 g/mol. The molecular weight excluding hydrogens is 372 g/mol. The average Bonchev–Trinajstić information content (AvgIpc) is 3.30. The molecule has 28 heavy (non-hydrogen) atoms. The predicted octanol–water partition coefficient (Wildman–Crippen LogP) is 4.16. The van der Waals surface area contributed by atoms with Crippen molar-refractivity contribution in [1.29, 1.82) is 0 Å². The Balaban J connectivity index is 1.33. The standard InChI is InChI=1S/C20H16N6OS/c27-20-15-6-5-12(9-17(15)24-26-20)11-28-18-10-13(7-8-21-18)22-19-14-3-1-2-4-16(14)23-25-19/h1-10H,11H2,(H2,24,26,27)(H2,21,22,23,25). The van der Waals surface area contributed by atoms with Gasteiger partial charge in [-0.3, -0.25) is 20.1 Å². The Hall–Kier alpha value is -3.52. The highest BCUT2D eigenvalue weighted by Crippen LogP contribution is 2.27. The summed E-state index contributed by atoms with van der Waals surface area (Å²) in [5.41, 5.74) is 3.76. The van der Waals surface area contributed by atoms with Gasteiger partial charge in [-0.25, -0.2) is 4.98 Å². The Kier molecular flexibility index (Phi) is 4.10. The van der Waals surface area contributed by atoms with Crippen molar-refractivity contribution in [2.24, 2.45) is 0 Å². The van der Waals surface area contributed by atoms with Crippen LogP contribution in [0.4, 0.5) is 11.5 Å². The lowest BCUT2D eigenvalue weighted by molar-refractivity contribution is 1.08. The number of para-hydroxylation sites is 1. The number of nitrogens with zero attached hydrogens (tertiary/aromatic N) is 2. The van der Waals surface area contributed by atoms with Gasteiger partial charge in [0, 0.05) is 23.0 Å². The van der Waals surface area contributed by atoms with Gasteiger partial charge in [0.2, 0.25) is 0 Å². The van der Waals surface area contributed by atoms with Crippen molar-refractivity contribution in [3.05, 3.63) is 76.7 Å². The van der Waals surface area contributed by atoms with Crippen LogP contribution in [0.2, 0.25) is 0 Å². The van der Waals surface area contributed by atoms with Crippen LogP contribution < -0.4 is 10.9 Å². The van der Waals surface area contributed by atoms with Crippen LogP contribution in [0.15, 0.2) is 70.6 Å².